The molecule has 1 aromatic heterocycles. The van der Waals surface area contributed by atoms with E-state index in [-0.39, 0.29) is 32.8 Å². The molecule has 32 heavy (non-hydrogen) atoms. The standard InChI is InChI=1S/C20H19BrClF3N4O3/c1-10-9-29(19(31)32)11(2)8-28(10)17-4-3-12(7-26-17)18(30)27-16-5-13(20(23,24)25)14(21)6-15(16)22/h3-7,10-11H,8-9H2,1-2H3,(H,27,30)(H,31,32)/t10-,11+/m1/s1. The number of amides is 2. The van der Waals surface area contributed by atoms with E-state index in [0.29, 0.717) is 18.9 Å². The topological polar surface area (TPSA) is 85.8 Å². The molecule has 12 heteroatoms. The van der Waals surface area contributed by atoms with Crippen LogP contribution >= 0.6 is 27.5 Å². The van der Waals surface area contributed by atoms with Gasteiger partial charge < -0.3 is 20.2 Å². The van der Waals surface area contributed by atoms with Crippen molar-refractivity contribution in [3.05, 3.63) is 51.1 Å². The van der Waals surface area contributed by atoms with Crippen molar-refractivity contribution in [2.75, 3.05) is 23.3 Å². The smallest absolute Gasteiger partial charge is 0.417 e. The Morgan fingerprint density at radius 2 is 1.91 bits per heavy atom. The minimum atomic E-state index is -4.62. The van der Waals surface area contributed by atoms with Crippen LogP contribution in [0.1, 0.15) is 29.8 Å². The van der Waals surface area contributed by atoms with Crippen LogP contribution in [-0.4, -0.2) is 52.2 Å². The molecule has 3 rings (SSSR count). The van der Waals surface area contributed by atoms with Gasteiger partial charge in [0, 0.05) is 35.8 Å². The Bertz CT molecular complexity index is 1040. The number of piperazine rings is 1. The van der Waals surface area contributed by atoms with Crippen LogP contribution in [0.3, 0.4) is 0 Å². The summed E-state index contributed by atoms with van der Waals surface area (Å²) in [6.45, 7) is 4.41. The number of hydrogen-bond donors (Lipinski definition) is 2. The summed E-state index contributed by atoms with van der Waals surface area (Å²) in [5.74, 6) is -0.106. The summed E-state index contributed by atoms with van der Waals surface area (Å²) in [5.41, 5.74) is -1.01. The number of carbonyl (C=O) groups is 2. The Morgan fingerprint density at radius 1 is 1.22 bits per heavy atom. The number of halogens is 5. The number of benzene rings is 1. The molecule has 2 aromatic rings. The van der Waals surface area contributed by atoms with Gasteiger partial charge in [0.25, 0.3) is 5.91 Å². The number of carbonyl (C=O) groups excluding carboxylic acids is 1. The van der Waals surface area contributed by atoms with Gasteiger partial charge >= 0.3 is 12.3 Å². The van der Waals surface area contributed by atoms with Gasteiger partial charge in [-0.2, -0.15) is 13.2 Å². The molecule has 1 aliphatic rings. The van der Waals surface area contributed by atoms with Gasteiger partial charge in [-0.25, -0.2) is 9.78 Å². The van der Waals surface area contributed by atoms with Gasteiger partial charge in [0.2, 0.25) is 0 Å². The third kappa shape index (κ3) is 5.09. The SMILES string of the molecule is C[C@@H]1CN(C(=O)O)[C@@H](C)CN1c1ccc(C(=O)Nc2cc(C(F)(F)F)c(Br)cc2Cl)cn1. The molecule has 0 bridgehead atoms. The lowest BCUT2D eigenvalue weighted by atomic mass is 10.1. The molecule has 2 heterocycles. The number of anilines is 2. The van der Waals surface area contributed by atoms with Gasteiger partial charge in [0.05, 0.1) is 21.8 Å². The third-order valence-electron chi connectivity index (χ3n) is 5.15. The van der Waals surface area contributed by atoms with E-state index < -0.39 is 23.7 Å². The van der Waals surface area contributed by atoms with Crippen molar-refractivity contribution in [1.82, 2.24) is 9.88 Å². The molecule has 1 aromatic carbocycles. The van der Waals surface area contributed by atoms with Crippen molar-refractivity contribution >= 4 is 51.0 Å². The summed E-state index contributed by atoms with van der Waals surface area (Å²) in [5, 5.41) is 11.6. The highest BCUT2D eigenvalue weighted by atomic mass is 79.9. The molecular weight excluding hydrogens is 517 g/mol. The quantitative estimate of drug-likeness (QED) is 0.554. The molecule has 7 nitrogen and oxygen atoms in total. The molecule has 2 N–H and O–H groups in total. The van der Waals surface area contributed by atoms with E-state index in [1.165, 1.54) is 17.2 Å². The maximum Gasteiger partial charge on any atom is 0.417 e. The van der Waals surface area contributed by atoms with Crippen molar-refractivity contribution in [3.63, 3.8) is 0 Å². The fraction of sp³-hybridized carbons (Fsp3) is 0.350. The Labute approximate surface area is 195 Å². The third-order valence-corrected chi connectivity index (χ3v) is 6.12. The zero-order valence-electron chi connectivity index (χ0n) is 17.0. The summed E-state index contributed by atoms with van der Waals surface area (Å²) in [6.07, 6.45) is -4.29. The van der Waals surface area contributed by atoms with Gasteiger partial charge in [-0.3, -0.25) is 4.79 Å². The number of carboxylic acid groups (broad SMARTS) is 1. The number of nitrogens with one attached hydrogen (secondary N) is 1. The van der Waals surface area contributed by atoms with Crippen molar-refractivity contribution in [1.29, 1.82) is 0 Å². The highest BCUT2D eigenvalue weighted by Crippen LogP contribution is 2.39. The van der Waals surface area contributed by atoms with Crippen molar-refractivity contribution < 1.29 is 27.9 Å². The zero-order chi connectivity index (χ0) is 23.8. The first kappa shape index (κ1) is 24.1. The van der Waals surface area contributed by atoms with Crippen molar-refractivity contribution in [2.45, 2.75) is 32.1 Å². The Hall–Kier alpha value is -2.53. The summed E-state index contributed by atoms with van der Waals surface area (Å²) in [7, 11) is 0. The number of aromatic nitrogens is 1. The van der Waals surface area contributed by atoms with Crippen LogP contribution in [0.4, 0.5) is 29.5 Å². The molecule has 0 spiro atoms. The van der Waals surface area contributed by atoms with E-state index in [4.69, 9.17) is 11.6 Å². The number of rotatable bonds is 3. The van der Waals surface area contributed by atoms with Crippen molar-refractivity contribution in [3.8, 4) is 0 Å². The van der Waals surface area contributed by atoms with E-state index in [0.717, 1.165) is 12.1 Å². The Kier molecular flexibility index (Phi) is 6.89. The number of alkyl halides is 3. The van der Waals surface area contributed by atoms with Crippen LogP contribution in [0.25, 0.3) is 0 Å². The summed E-state index contributed by atoms with van der Waals surface area (Å²) in [4.78, 5) is 31.5. The monoisotopic (exact) mass is 534 g/mol. The molecule has 0 radical (unpaired) electrons. The molecular formula is C20H19BrClF3N4O3. The molecule has 1 aliphatic heterocycles. The molecule has 1 fully saturated rings. The maximum absolute atomic E-state index is 13.1. The second kappa shape index (κ2) is 9.14. The first-order valence-electron chi connectivity index (χ1n) is 9.48. The summed E-state index contributed by atoms with van der Waals surface area (Å²) in [6, 6.07) is 4.57. The first-order valence-corrected chi connectivity index (χ1v) is 10.7. The number of nitrogens with zero attached hydrogens (tertiary/aromatic N) is 3. The molecule has 1 saturated heterocycles. The lowest BCUT2D eigenvalue weighted by Crippen LogP contribution is -2.58. The molecule has 172 valence electrons. The summed E-state index contributed by atoms with van der Waals surface area (Å²) < 4.78 is 39.2. The number of pyridine rings is 1. The molecule has 2 amide bonds. The lowest BCUT2D eigenvalue weighted by molar-refractivity contribution is -0.138. The Balaban J connectivity index is 1.76. The lowest BCUT2D eigenvalue weighted by Gasteiger charge is -2.43. The fourth-order valence-corrected chi connectivity index (χ4v) is 4.37. The number of hydrogen-bond acceptors (Lipinski definition) is 4. The predicted octanol–water partition coefficient (Wildman–Crippen LogP) is 5.35. The average molecular weight is 536 g/mol. The van der Waals surface area contributed by atoms with E-state index in [9.17, 15) is 27.9 Å². The molecule has 0 saturated carbocycles. The molecule has 0 aliphatic carbocycles. The first-order chi connectivity index (χ1) is 14.9. The van der Waals surface area contributed by atoms with Gasteiger partial charge in [-0.15, -0.1) is 0 Å². The Morgan fingerprint density at radius 3 is 2.47 bits per heavy atom. The van der Waals surface area contributed by atoms with Crippen molar-refractivity contribution in [2.24, 2.45) is 0 Å². The highest BCUT2D eigenvalue weighted by molar-refractivity contribution is 9.10. The van der Waals surface area contributed by atoms with E-state index in [2.05, 4.69) is 26.2 Å². The van der Waals surface area contributed by atoms with E-state index in [1.54, 1.807) is 13.0 Å². The minimum absolute atomic E-state index is 0.0538. The maximum atomic E-state index is 13.1. The summed E-state index contributed by atoms with van der Waals surface area (Å²) >= 11 is 8.82. The van der Waals surface area contributed by atoms with Crippen LogP contribution in [-0.2, 0) is 6.18 Å². The molecule has 0 unspecified atom stereocenters. The van der Waals surface area contributed by atoms with Gasteiger partial charge in [0.1, 0.15) is 5.82 Å². The average Bonchev–Trinajstić information content (AvgIpc) is 2.70. The van der Waals surface area contributed by atoms with E-state index >= 15 is 0 Å². The second-order valence-corrected chi connectivity index (χ2v) is 8.72. The normalized spacial score (nSPS) is 19.1. The van der Waals surface area contributed by atoms with E-state index in [1.807, 2.05) is 11.8 Å². The minimum Gasteiger partial charge on any atom is -0.465 e. The van der Waals surface area contributed by atoms with Crippen LogP contribution in [0.15, 0.2) is 34.9 Å². The predicted molar refractivity (Wildman–Crippen MR) is 117 cm³/mol. The van der Waals surface area contributed by atoms with Crippen LogP contribution in [0, 0.1) is 0 Å². The van der Waals surface area contributed by atoms with Gasteiger partial charge in [-0.1, -0.05) is 27.5 Å². The molecule has 2 atom stereocenters. The fourth-order valence-electron chi connectivity index (χ4n) is 3.46. The van der Waals surface area contributed by atoms with Crippen LogP contribution in [0.2, 0.25) is 5.02 Å². The second-order valence-electron chi connectivity index (χ2n) is 7.45. The van der Waals surface area contributed by atoms with Crippen LogP contribution in [0.5, 0.6) is 0 Å². The zero-order valence-corrected chi connectivity index (χ0v) is 19.3. The largest absolute Gasteiger partial charge is 0.465 e. The highest BCUT2D eigenvalue weighted by Gasteiger charge is 2.34. The van der Waals surface area contributed by atoms with Gasteiger partial charge in [0.15, 0.2) is 0 Å². The van der Waals surface area contributed by atoms with Crippen LogP contribution < -0.4 is 10.2 Å². The van der Waals surface area contributed by atoms with Gasteiger partial charge in [-0.05, 0) is 38.1 Å².